The van der Waals surface area contributed by atoms with Crippen LogP contribution < -0.4 is 11.1 Å². The fourth-order valence-electron chi connectivity index (χ4n) is 0.985. The van der Waals surface area contributed by atoms with Crippen LogP contribution in [-0.2, 0) is 0 Å². The number of nitrogen functional groups attached to an aromatic ring is 1. The first-order valence-corrected chi connectivity index (χ1v) is 3.89. The Bertz CT molecular complexity index is 364. The van der Waals surface area contributed by atoms with Gasteiger partial charge < -0.3 is 11.1 Å². The van der Waals surface area contributed by atoms with E-state index in [4.69, 9.17) is 5.73 Å². The number of nitrogens with zero attached hydrogens (tertiary/aromatic N) is 2. The third-order valence-electron chi connectivity index (χ3n) is 1.57. The Morgan fingerprint density at radius 3 is 3.00 bits per heavy atom. The first-order chi connectivity index (χ1) is 6.66. The fourth-order valence-corrected chi connectivity index (χ4v) is 0.985. The van der Waals surface area contributed by atoms with E-state index >= 15 is 0 Å². The average Bonchev–Trinajstić information content (AvgIpc) is 2.14. The molecule has 14 heavy (non-hydrogen) atoms. The number of pyridine rings is 1. The van der Waals surface area contributed by atoms with Gasteiger partial charge in [0.1, 0.15) is 11.4 Å². The van der Waals surface area contributed by atoms with Crippen molar-refractivity contribution in [3.05, 3.63) is 35.2 Å². The molecule has 0 aliphatic carbocycles. The van der Waals surface area contributed by atoms with Crippen molar-refractivity contribution in [1.29, 1.82) is 0 Å². The minimum Gasteiger partial charge on any atom is -0.392 e. The number of aromatic nitrogens is 1. The van der Waals surface area contributed by atoms with Crippen molar-refractivity contribution in [3.63, 3.8) is 0 Å². The van der Waals surface area contributed by atoms with Crippen molar-refractivity contribution < 1.29 is 4.92 Å². The fraction of sp³-hybridized carbons (Fsp3) is 0.125. The molecule has 0 spiro atoms. The molecule has 6 nitrogen and oxygen atoms in total. The average molecular weight is 194 g/mol. The third kappa shape index (κ3) is 1.98. The van der Waals surface area contributed by atoms with Crippen LogP contribution in [0.2, 0.25) is 0 Å². The standard InChI is InChI=1S/C8H10N4O2/c1-2-3-11-7-5-10-4-6(9)8(7)12(13)14/h2,4-5,11H,1,3,9H2. The molecule has 0 atom stereocenters. The molecule has 0 saturated heterocycles. The lowest BCUT2D eigenvalue weighted by molar-refractivity contribution is -0.383. The molecule has 1 aromatic heterocycles. The monoisotopic (exact) mass is 194 g/mol. The zero-order chi connectivity index (χ0) is 10.6. The lowest BCUT2D eigenvalue weighted by Crippen LogP contribution is -2.05. The Kier molecular flexibility index (Phi) is 3.01. The summed E-state index contributed by atoms with van der Waals surface area (Å²) in [5.41, 5.74) is 5.62. The lowest BCUT2D eigenvalue weighted by Gasteiger charge is -2.04. The summed E-state index contributed by atoms with van der Waals surface area (Å²) in [5.74, 6) is 0. The maximum absolute atomic E-state index is 10.6. The van der Waals surface area contributed by atoms with Crippen molar-refractivity contribution in [2.75, 3.05) is 17.6 Å². The van der Waals surface area contributed by atoms with Crippen molar-refractivity contribution in [2.45, 2.75) is 0 Å². The second-order valence-electron chi connectivity index (χ2n) is 2.55. The van der Waals surface area contributed by atoms with Gasteiger partial charge in [0.2, 0.25) is 0 Å². The summed E-state index contributed by atoms with van der Waals surface area (Å²) in [7, 11) is 0. The summed E-state index contributed by atoms with van der Waals surface area (Å²) in [6.07, 6.45) is 4.20. The number of nitrogens with one attached hydrogen (secondary N) is 1. The van der Waals surface area contributed by atoms with Gasteiger partial charge in [0, 0.05) is 6.54 Å². The number of anilines is 2. The minimum atomic E-state index is -0.539. The summed E-state index contributed by atoms with van der Waals surface area (Å²) in [5, 5.41) is 13.4. The maximum Gasteiger partial charge on any atom is 0.318 e. The molecule has 3 N–H and O–H groups in total. The predicted octanol–water partition coefficient (Wildman–Crippen LogP) is 1.17. The van der Waals surface area contributed by atoms with Crippen LogP contribution in [0.15, 0.2) is 25.0 Å². The normalized spacial score (nSPS) is 9.43. The smallest absolute Gasteiger partial charge is 0.318 e. The van der Waals surface area contributed by atoms with E-state index in [2.05, 4.69) is 16.9 Å². The highest BCUT2D eigenvalue weighted by Crippen LogP contribution is 2.28. The zero-order valence-electron chi connectivity index (χ0n) is 7.43. The molecule has 0 aromatic carbocycles. The predicted molar refractivity (Wildman–Crippen MR) is 54.0 cm³/mol. The zero-order valence-corrected chi connectivity index (χ0v) is 7.43. The van der Waals surface area contributed by atoms with E-state index in [9.17, 15) is 10.1 Å². The number of rotatable bonds is 4. The van der Waals surface area contributed by atoms with Crippen molar-refractivity contribution in [2.24, 2.45) is 0 Å². The highest BCUT2D eigenvalue weighted by atomic mass is 16.6. The van der Waals surface area contributed by atoms with Gasteiger partial charge in [0.15, 0.2) is 0 Å². The van der Waals surface area contributed by atoms with Crippen molar-refractivity contribution >= 4 is 17.1 Å². The first kappa shape index (κ1) is 9.97. The highest BCUT2D eigenvalue weighted by Gasteiger charge is 2.17. The van der Waals surface area contributed by atoms with E-state index in [1.54, 1.807) is 6.08 Å². The van der Waals surface area contributed by atoms with Gasteiger partial charge in [-0.15, -0.1) is 6.58 Å². The van der Waals surface area contributed by atoms with Gasteiger partial charge >= 0.3 is 5.69 Å². The molecule has 0 fully saturated rings. The van der Waals surface area contributed by atoms with E-state index in [1.807, 2.05) is 0 Å². The molecule has 0 unspecified atom stereocenters. The van der Waals surface area contributed by atoms with Crippen LogP contribution in [0.4, 0.5) is 17.1 Å². The van der Waals surface area contributed by atoms with E-state index in [1.165, 1.54) is 12.4 Å². The Morgan fingerprint density at radius 2 is 2.43 bits per heavy atom. The summed E-state index contributed by atoms with van der Waals surface area (Å²) >= 11 is 0. The SMILES string of the molecule is C=CCNc1cncc(N)c1[N+](=O)[O-]. The van der Waals surface area contributed by atoms with Gasteiger partial charge in [0.25, 0.3) is 0 Å². The van der Waals surface area contributed by atoms with Gasteiger partial charge in [0.05, 0.1) is 17.3 Å². The van der Waals surface area contributed by atoms with Gasteiger partial charge in [-0.25, -0.2) is 0 Å². The van der Waals surface area contributed by atoms with E-state index in [0.717, 1.165) is 0 Å². The molecular formula is C8H10N4O2. The van der Waals surface area contributed by atoms with Crippen LogP contribution in [-0.4, -0.2) is 16.5 Å². The second-order valence-corrected chi connectivity index (χ2v) is 2.55. The molecule has 0 radical (unpaired) electrons. The van der Waals surface area contributed by atoms with E-state index < -0.39 is 4.92 Å². The van der Waals surface area contributed by atoms with E-state index in [-0.39, 0.29) is 11.4 Å². The topological polar surface area (TPSA) is 94.1 Å². The van der Waals surface area contributed by atoms with Crippen LogP contribution in [0.25, 0.3) is 0 Å². The van der Waals surface area contributed by atoms with Crippen LogP contribution in [0.3, 0.4) is 0 Å². The van der Waals surface area contributed by atoms with Crippen molar-refractivity contribution in [1.82, 2.24) is 4.98 Å². The molecule has 74 valence electrons. The maximum atomic E-state index is 10.6. The van der Waals surface area contributed by atoms with Gasteiger partial charge in [-0.2, -0.15) is 0 Å². The second kappa shape index (κ2) is 4.22. The van der Waals surface area contributed by atoms with Crippen molar-refractivity contribution in [3.8, 4) is 0 Å². The number of hydrogen-bond donors (Lipinski definition) is 2. The molecular weight excluding hydrogens is 184 g/mol. The Morgan fingerprint density at radius 1 is 1.71 bits per heavy atom. The Labute approximate surface area is 80.6 Å². The minimum absolute atomic E-state index is 0.0454. The number of nitrogens with two attached hydrogens (primary N) is 1. The molecule has 0 saturated carbocycles. The Balaban J connectivity index is 3.07. The molecule has 6 heteroatoms. The first-order valence-electron chi connectivity index (χ1n) is 3.89. The molecule has 0 bridgehead atoms. The molecule has 0 aliphatic rings. The molecule has 0 amide bonds. The van der Waals surface area contributed by atoms with Crippen LogP contribution in [0, 0.1) is 10.1 Å². The van der Waals surface area contributed by atoms with Crippen LogP contribution >= 0.6 is 0 Å². The van der Waals surface area contributed by atoms with Crippen LogP contribution in [0.1, 0.15) is 0 Å². The van der Waals surface area contributed by atoms with Gasteiger partial charge in [-0.05, 0) is 0 Å². The molecule has 1 aromatic rings. The van der Waals surface area contributed by atoms with Gasteiger partial charge in [-0.3, -0.25) is 15.1 Å². The van der Waals surface area contributed by atoms with Gasteiger partial charge in [-0.1, -0.05) is 6.08 Å². The number of nitro groups is 1. The lowest BCUT2D eigenvalue weighted by atomic mass is 10.3. The summed E-state index contributed by atoms with van der Waals surface area (Å²) in [6, 6.07) is 0. The molecule has 1 heterocycles. The Hall–Kier alpha value is -2.11. The van der Waals surface area contributed by atoms with Crippen LogP contribution in [0.5, 0.6) is 0 Å². The number of hydrogen-bond acceptors (Lipinski definition) is 5. The molecule has 0 aliphatic heterocycles. The highest BCUT2D eigenvalue weighted by molar-refractivity contribution is 5.72. The quantitative estimate of drug-likeness (QED) is 0.426. The summed E-state index contributed by atoms with van der Waals surface area (Å²) < 4.78 is 0. The summed E-state index contributed by atoms with van der Waals surface area (Å²) in [6.45, 7) is 3.91. The molecule has 1 rings (SSSR count). The third-order valence-corrected chi connectivity index (χ3v) is 1.57. The largest absolute Gasteiger partial charge is 0.392 e. The summed E-state index contributed by atoms with van der Waals surface area (Å²) in [4.78, 5) is 13.9. The van der Waals surface area contributed by atoms with E-state index in [0.29, 0.717) is 12.2 Å².